The first-order valence-electron chi connectivity index (χ1n) is 8.18. The van der Waals surface area contributed by atoms with Crippen molar-refractivity contribution in [1.82, 2.24) is 0 Å². The highest BCUT2D eigenvalue weighted by Gasteiger charge is 2.26. The van der Waals surface area contributed by atoms with E-state index >= 15 is 0 Å². The van der Waals surface area contributed by atoms with Gasteiger partial charge in [-0.2, -0.15) is 0 Å². The van der Waals surface area contributed by atoms with E-state index in [1.807, 2.05) is 32.0 Å². The van der Waals surface area contributed by atoms with E-state index in [-0.39, 0.29) is 23.8 Å². The number of hydrogen-bond acceptors (Lipinski definition) is 5. The molecule has 0 aliphatic heterocycles. The minimum absolute atomic E-state index is 0.213. The van der Waals surface area contributed by atoms with Crippen LogP contribution in [-0.4, -0.2) is 24.9 Å². The van der Waals surface area contributed by atoms with Crippen molar-refractivity contribution in [3.8, 4) is 0 Å². The zero-order valence-corrected chi connectivity index (χ0v) is 16.3. The summed E-state index contributed by atoms with van der Waals surface area (Å²) >= 11 is 1.06. The molecule has 0 saturated carbocycles. The normalized spacial score (nSPS) is 10.3. The molecule has 2 rings (SSSR count). The third-order valence-corrected chi connectivity index (χ3v) is 5.00. The molecule has 26 heavy (non-hydrogen) atoms. The predicted octanol–water partition coefficient (Wildman–Crippen LogP) is 4.06. The van der Waals surface area contributed by atoms with Gasteiger partial charge in [0.15, 0.2) is 0 Å². The lowest BCUT2D eigenvalue weighted by Crippen LogP contribution is -2.13. The summed E-state index contributed by atoms with van der Waals surface area (Å²) < 4.78 is 4.80. The van der Waals surface area contributed by atoms with Crippen LogP contribution in [0.4, 0.5) is 10.7 Å². The quantitative estimate of drug-likeness (QED) is 0.773. The zero-order valence-electron chi connectivity index (χ0n) is 15.5. The molecule has 1 aromatic carbocycles. The predicted molar refractivity (Wildman–Crippen MR) is 103 cm³/mol. The van der Waals surface area contributed by atoms with Gasteiger partial charge in [0.25, 0.3) is 5.91 Å². The second-order valence-electron chi connectivity index (χ2n) is 5.98. The Morgan fingerprint density at radius 2 is 1.65 bits per heavy atom. The van der Waals surface area contributed by atoms with Crippen LogP contribution >= 0.6 is 11.3 Å². The maximum Gasteiger partial charge on any atom is 0.341 e. The topological polar surface area (TPSA) is 84.5 Å². The number of ether oxygens (including phenoxy) is 1. The van der Waals surface area contributed by atoms with Crippen LogP contribution in [0.1, 0.15) is 50.1 Å². The monoisotopic (exact) mass is 374 g/mol. The Hall–Kier alpha value is -2.67. The smallest absolute Gasteiger partial charge is 0.341 e. The molecule has 6 nitrogen and oxygen atoms in total. The lowest BCUT2D eigenvalue weighted by atomic mass is 10.1. The summed E-state index contributed by atoms with van der Waals surface area (Å²) in [5.74, 6) is -1.16. The molecule has 2 N–H and O–H groups in total. The first-order chi connectivity index (χ1) is 12.3. The average Bonchev–Trinajstić information content (AvgIpc) is 2.89. The molecule has 0 aliphatic rings. The van der Waals surface area contributed by atoms with Gasteiger partial charge in [0, 0.05) is 12.1 Å². The van der Waals surface area contributed by atoms with Gasteiger partial charge in [-0.05, 0) is 49.6 Å². The average molecular weight is 374 g/mol. The molecule has 0 fully saturated rings. The largest absolute Gasteiger partial charge is 0.465 e. The van der Waals surface area contributed by atoms with Gasteiger partial charge in [-0.25, -0.2) is 4.79 Å². The van der Waals surface area contributed by atoms with Crippen LogP contribution < -0.4 is 10.6 Å². The van der Waals surface area contributed by atoms with E-state index in [1.54, 1.807) is 13.8 Å². The number of amides is 2. The third kappa shape index (κ3) is 4.29. The number of anilines is 2. The molecular formula is C19H22N2O4S. The van der Waals surface area contributed by atoms with Crippen LogP contribution in [0, 0.1) is 20.8 Å². The van der Waals surface area contributed by atoms with E-state index in [1.165, 1.54) is 7.11 Å². The SMILES string of the molecule is CCC(=O)Nc1sc(C(=O)Nc2cc(C)cc(C)c2)c(C)c1C(=O)OC. The number of carbonyl (C=O) groups excluding carboxylic acids is 3. The van der Waals surface area contributed by atoms with Crippen molar-refractivity contribution in [1.29, 1.82) is 0 Å². The summed E-state index contributed by atoms with van der Waals surface area (Å²) in [5, 5.41) is 5.85. The first kappa shape index (κ1) is 19.7. The number of methoxy groups -OCH3 is 1. The van der Waals surface area contributed by atoms with Crippen LogP contribution in [0.5, 0.6) is 0 Å². The Labute approximate surface area is 156 Å². The Morgan fingerprint density at radius 1 is 1.04 bits per heavy atom. The van der Waals surface area contributed by atoms with Crippen molar-refractivity contribution in [3.05, 3.63) is 45.3 Å². The third-order valence-electron chi connectivity index (χ3n) is 3.80. The zero-order chi connectivity index (χ0) is 19.4. The summed E-state index contributed by atoms with van der Waals surface area (Å²) in [5.41, 5.74) is 3.45. The van der Waals surface area contributed by atoms with Gasteiger partial charge in [0.05, 0.1) is 17.6 Å². The van der Waals surface area contributed by atoms with E-state index in [9.17, 15) is 14.4 Å². The number of thiophene rings is 1. The minimum atomic E-state index is -0.587. The fourth-order valence-corrected chi connectivity index (χ4v) is 3.72. The molecule has 0 bridgehead atoms. The van der Waals surface area contributed by atoms with E-state index in [4.69, 9.17) is 4.74 Å². The molecule has 138 valence electrons. The highest BCUT2D eigenvalue weighted by molar-refractivity contribution is 7.18. The summed E-state index contributed by atoms with van der Waals surface area (Å²) in [6.45, 7) is 7.28. The Balaban J connectivity index is 2.40. The molecule has 0 radical (unpaired) electrons. The maximum atomic E-state index is 12.7. The number of hydrogen-bond donors (Lipinski definition) is 2. The molecule has 0 atom stereocenters. The van der Waals surface area contributed by atoms with E-state index in [2.05, 4.69) is 10.6 Å². The summed E-state index contributed by atoms with van der Waals surface area (Å²) in [7, 11) is 1.26. The van der Waals surface area contributed by atoms with Crippen LogP contribution in [-0.2, 0) is 9.53 Å². The number of benzene rings is 1. The van der Waals surface area contributed by atoms with Crippen LogP contribution in [0.3, 0.4) is 0 Å². The van der Waals surface area contributed by atoms with Gasteiger partial charge in [-0.1, -0.05) is 13.0 Å². The van der Waals surface area contributed by atoms with E-state index < -0.39 is 5.97 Å². The number of nitrogens with one attached hydrogen (secondary N) is 2. The molecule has 0 aliphatic carbocycles. The van der Waals surface area contributed by atoms with Crippen molar-refractivity contribution in [2.24, 2.45) is 0 Å². The highest BCUT2D eigenvalue weighted by Crippen LogP contribution is 2.34. The number of aryl methyl sites for hydroxylation is 2. The van der Waals surface area contributed by atoms with Gasteiger partial charge in [-0.3, -0.25) is 9.59 Å². The number of carbonyl (C=O) groups is 3. The van der Waals surface area contributed by atoms with Crippen LogP contribution in [0.2, 0.25) is 0 Å². The molecule has 1 heterocycles. The molecule has 1 aromatic heterocycles. The molecular weight excluding hydrogens is 352 g/mol. The number of esters is 1. The van der Waals surface area contributed by atoms with Gasteiger partial charge >= 0.3 is 5.97 Å². The fourth-order valence-electron chi connectivity index (χ4n) is 2.62. The fraction of sp³-hybridized carbons (Fsp3) is 0.316. The summed E-state index contributed by atoms with van der Waals surface area (Å²) in [6.07, 6.45) is 0.266. The molecule has 0 spiro atoms. The maximum absolute atomic E-state index is 12.7. The summed E-state index contributed by atoms with van der Waals surface area (Å²) in [4.78, 5) is 36.9. The lowest BCUT2D eigenvalue weighted by molar-refractivity contribution is -0.115. The highest BCUT2D eigenvalue weighted by atomic mass is 32.1. The van der Waals surface area contributed by atoms with Crippen molar-refractivity contribution >= 4 is 39.8 Å². The van der Waals surface area contributed by atoms with Gasteiger partial charge in [0.1, 0.15) is 5.00 Å². The van der Waals surface area contributed by atoms with Gasteiger partial charge in [-0.15, -0.1) is 11.3 Å². The Kier molecular flexibility index (Phi) is 6.15. The molecule has 2 amide bonds. The summed E-state index contributed by atoms with van der Waals surface area (Å²) in [6, 6.07) is 5.75. The van der Waals surface area contributed by atoms with Crippen molar-refractivity contribution in [2.75, 3.05) is 17.7 Å². The van der Waals surface area contributed by atoms with E-state index in [0.717, 1.165) is 22.5 Å². The van der Waals surface area contributed by atoms with Gasteiger partial charge in [0.2, 0.25) is 5.91 Å². The Morgan fingerprint density at radius 3 is 2.19 bits per heavy atom. The second kappa shape index (κ2) is 8.14. The second-order valence-corrected chi connectivity index (χ2v) is 7.00. The van der Waals surface area contributed by atoms with Crippen LogP contribution in [0.15, 0.2) is 18.2 Å². The molecule has 7 heteroatoms. The molecule has 0 unspecified atom stereocenters. The molecule has 0 saturated heterocycles. The van der Waals surface area contributed by atoms with E-state index in [0.29, 0.717) is 21.1 Å². The van der Waals surface area contributed by atoms with Gasteiger partial charge < -0.3 is 15.4 Å². The van der Waals surface area contributed by atoms with Crippen LogP contribution in [0.25, 0.3) is 0 Å². The Bertz CT molecular complexity index is 850. The molecule has 2 aromatic rings. The van der Waals surface area contributed by atoms with Crippen molar-refractivity contribution < 1.29 is 19.1 Å². The number of rotatable bonds is 5. The van der Waals surface area contributed by atoms with Crippen molar-refractivity contribution in [2.45, 2.75) is 34.1 Å². The van der Waals surface area contributed by atoms with Crippen molar-refractivity contribution in [3.63, 3.8) is 0 Å². The first-order valence-corrected chi connectivity index (χ1v) is 8.99. The lowest BCUT2D eigenvalue weighted by Gasteiger charge is -2.07. The minimum Gasteiger partial charge on any atom is -0.465 e. The standard InChI is InChI=1S/C19H22N2O4S/c1-6-14(22)21-18-15(19(24)25-5)12(4)16(26-18)17(23)20-13-8-10(2)7-11(3)9-13/h7-9H,6H2,1-5H3,(H,20,23)(H,21,22).